The van der Waals surface area contributed by atoms with Gasteiger partial charge in [0.25, 0.3) is 0 Å². The number of hydrogen-bond donors (Lipinski definition) is 1. The first-order valence-electron chi connectivity index (χ1n) is 16.1. The van der Waals surface area contributed by atoms with Gasteiger partial charge in [0.2, 0.25) is 0 Å². The molecule has 224 valence electrons. The third-order valence-corrected chi connectivity index (χ3v) is 9.37. The average Bonchev–Trinajstić information content (AvgIpc) is 3.72. The summed E-state index contributed by atoms with van der Waals surface area (Å²) >= 11 is 0. The highest BCUT2D eigenvalue weighted by molar-refractivity contribution is 6.36. The van der Waals surface area contributed by atoms with Gasteiger partial charge in [-0.25, -0.2) is 15.0 Å². The highest BCUT2D eigenvalue weighted by atomic mass is 15.0. The Bertz CT molecular complexity index is 2760. The molecule has 3 heterocycles. The standard InChI is InChI=1S/C43H27N5/c1-3-13-27(14-4-1)41-45-42(28-15-5-2-6-16-28)47-43(46-41)29-23-25-30(26-24-29)48-36-22-12-10-20-34(36)38-37-33-19-9-11-21-35(33)44-39(37)31-17-7-8-18-32(31)40(38)48/h1-26,44H. The molecule has 5 heteroatoms. The van der Waals surface area contributed by atoms with Crippen LogP contribution in [0, 0.1) is 0 Å². The number of hydrogen-bond acceptors (Lipinski definition) is 3. The van der Waals surface area contributed by atoms with Crippen LogP contribution in [0.1, 0.15) is 0 Å². The van der Waals surface area contributed by atoms with E-state index in [2.05, 4.69) is 107 Å². The summed E-state index contributed by atoms with van der Waals surface area (Å²) in [6.07, 6.45) is 0. The van der Waals surface area contributed by atoms with Crippen molar-refractivity contribution in [3.63, 3.8) is 0 Å². The molecule has 0 radical (unpaired) electrons. The Hall–Kier alpha value is -6.59. The molecule has 0 unspecified atom stereocenters. The number of nitrogens with one attached hydrogen (secondary N) is 1. The van der Waals surface area contributed by atoms with Crippen LogP contribution in [-0.4, -0.2) is 24.5 Å². The Morgan fingerprint density at radius 1 is 0.396 bits per heavy atom. The van der Waals surface area contributed by atoms with Crippen LogP contribution in [0.25, 0.3) is 94.2 Å². The molecule has 0 amide bonds. The van der Waals surface area contributed by atoms with Crippen LogP contribution in [0.2, 0.25) is 0 Å². The quantitative estimate of drug-likeness (QED) is 0.215. The molecule has 0 aliphatic carbocycles. The van der Waals surface area contributed by atoms with Crippen molar-refractivity contribution in [3.8, 4) is 39.9 Å². The number of H-pyrrole nitrogens is 1. The molecule has 0 bridgehead atoms. The molecule has 7 aromatic carbocycles. The van der Waals surface area contributed by atoms with Crippen molar-refractivity contribution in [2.45, 2.75) is 0 Å². The Morgan fingerprint density at radius 2 is 0.896 bits per heavy atom. The van der Waals surface area contributed by atoms with Crippen molar-refractivity contribution in [1.29, 1.82) is 0 Å². The molecule has 10 rings (SSSR count). The normalized spacial score (nSPS) is 11.8. The molecule has 0 atom stereocenters. The fourth-order valence-electron chi connectivity index (χ4n) is 7.22. The van der Waals surface area contributed by atoms with Crippen LogP contribution in [0.5, 0.6) is 0 Å². The van der Waals surface area contributed by atoms with Crippen LogP contribution in [0.3, 0.4) is 0 Å². The minimum absolute atomic E-state index is 0.641. The lowest BCUT2D eigenvalue weighted by Gasteiger charge is -2.12. The van der Waals surface area contributed by atoms with Crippen molar-refractivity contribution in [1.82, 2.24) is 24.5 Å². The third kappa shape index (κ3) is 4.01. The molecule has 0 aliphatic rings. The van der Waals surface area contributed by atoms with E-state index >= 15 is 0 Å². The van der Waals surface area contributed by atoms with Crippen molar-refractivity contribution >= 4 is 54.4 Å². The maximum Gasteiger partial charge on any atom is 0.164 e. The number of fused-ring (bicyclic) bond motifs is 10. The zero-order valence-corrected chi connectivity index (χ0v) is 25.8. The minimum atomic E-state index is 0.641. The van der Waals surface area contributed by atoms with Crippen LogP contribution < -0.4 is 0 Å². The molecule has 0 saturated heterocycles. The summed E-state index contributed by atoms with van der Waals surface area (Å²) in [6, 6.07) is 54.9. The monoisotopic (exact) mass is 613 g/mol. The van der Waals surface area contributed by atoms with E-state index in [1.165, 1.54) is 48.9 Å². The van der Waals surface area contributed by atoms with Crippen LogP contribution in [0.4, 0.5) is 0 Å². The summed E-state index contributed by atoms with van der Waals surface area (Å²) in [5.74, 6) is 1.95. The van der Waals surface area contributed by atoms with Gasteiger partial charge in [0, 0.05) is 60.2 Å². The number of rotatable bonds is 4. The molecule has 5 nitrogen and oxygen atoms in total. The second-order valence-corrected chi connectivity index (χ2v) is 12.1. The zero-order valence-electron chi connectivity index (χ0n) is 25.8. The summed E-state index contributed by atoms with van der Waals surface area (Å²) in [7, 11) is 0. The lowest BCUT2D eigenvalue weighted by atomic mass is 9.99. The molecule has 0 fully saturated rings. The Kier molecular flexibility index (Phi) is 5.81. The smallest absolute Gasteiger partial charge is 0.164 e. The van der Waals surface area contributed by atoms with Gasteiger partial charge >= 0.3 is 0 Å². The van der Waals surface area contributed by atoms with Crippen LogP contribution in [-0.2, 0) is 0 Å². The number of para-hydroxylation sites is 2. The lowest BCUT2D eigenvalue weighted by Crippen LogP contribution is -2.00. The van der Waals surface area contributed by atoms with E-state index in [0.717, 1.165) is 27.9 Å². The van der Waals surface area contributed by atoms with Crippen molar-refractivity contribution in [2.24, 2.45) is 0 Å². The third-order valence-electron chi connectivity index (χ3n) is 9.37. The first kappa shape index (κ1) is 26.6. The first-order chi connectivity index (χ1) is 23.8. The lowest BCUT2D eigenvalue weighted by molar-refractivity contribution is 1.07. The summed E-state index contributed by atoms with van der Waals surface area (Å²) < 4.78 is 2.41. The van der Waals surface area contributed by atoms with E-state index in [4.69, 9.17) is 15.0 Å². The van der Waals surface area contributed by atoms with Gasteiger partial charge in [0.05, 0.1) is 16.6 Å². The highest BCUT2D eigenvalue weighted by Gasteiger charge is 2.21. The Labute approximate surface area is 275 Å². The average molecular weight is 614 g/mol. The molecule has 10 aromatic rings. The first-order valence-corrected chi connectivity index (χ1v) is 16.1. The fraction of sp³-hybridized carbons (Fsp3) is 0. The van der Waals surface area contributed by atoms with Crippen LogP contribution >= 0.6 is 0 Å². The summed E-state index contributed by atoms with van der Waals surface area (Å²) in [5, 5.41) is 7.42. The van der Waals surface area contributed by atoms with E-state index in [9.17, 15) is 0 Å². The van der Waals surface area contributed by atoms with E-state index < -0.39 is 0 Å². The fourth-order valence-corrected chi connectivity index (χ4v) is 7.22. The van der Waals surface area contributed by atoms with Gasteiger partial charge in [-0.15, -0.1) is 0 Å². The maximum atomic E-state index is 4.96. The Balaban J connectivity index is 1.21. The maximum absolute atomic E-state index is 4.96. The van der Waals surface area contributed by atoms with Gasteiger partial charge in [-0.2, -0.15) is 0 Å². The molecule has 0 spiro atoms. The van der Waals surface area contributed by atoms with Gasteiger partial charge in [0.15, 0.2) is 17.5 Å². The van der Waals surface area contributed by atoms with E-state index in [-0.39, 0.29) is 0 Å². The highest BCUT2D eigenvalue weighted by Crippen LogP contribution is 2.44. The zero-order chi connectivity index (χ0) is 31.6. The molecule has 1 N–H and O–H groups in total. The molecule has 0 saturated carbocycles. The van der Waals surface area contributed by atoms with Gasteiger partial charge in [-0.05, 0) is 36.4 Å². The van der Waals surface area contributed by atoms with Gasteiger partial charge in [-0.1, -0.05) is 121 Å². The number of aromatic amines is 1. The van der Waals surface area contributed by atoms with Crippen LogP contribution in [0.15, 0.2) is 158 Å². The number of benzene rings is 7. The van der Waals surface area contributed by atoms with E-state index in [1.54, 1.807) is 0 Å². The second-order valence-electron chi connectivity index (χ2n) is 12.1. The largest absolute Gasteiger partial charge is 0.354 e. The summed E-state index contributed by atoms with van der Waals surface area (Å²) in [4.78, 5) is 18.5. The van der Waals surface area contributed by atoms with Gasteiger partial charge in [0.1, 0.15) is 0 Å². The molecule has 0 aliphatic heterocycles. The van der Waals surface area contributed by atoms with E-state index in [1.807, 2.05) is 60.7 Å². The summed E-state index contributed by atoms with van der Waals surface area (Å²) in [5.41, 5.74) is 8.61. The van der Waals surface area contributed by atoms with Gasteiger partial charge in [-0.3, -0.25) is 0 Å². The summed E-state index contributed by atoms with van der Waals surface area (Å²) in [6.45, 7) is 0. The second kappa shape index (κ2) is 10.5. The molecule has 48 heavy (non-hydrogen) atoms. The molecular formula is C43H27N5. The topological polar surface area (TPSA) is 59.4 Å². The van der Waals surface area contributed by atoms with Crippen molar-refractivity contribution in [3.05, 3.63) is 158 Å². The van der Waals surface area contributed by atoms with Crippen molar-refractivity contribution < 1.29 is 0 Å². The van der Waals surface area contributed by atoms with Crippen molar-refractivity contribution in [2.75, 3.05) is 0 Å². The molecular weight excluding hydrogens is 587 g/mol. The minimum Gasteiger partial charge on any atom is -0.354 e. The van der Waals surface area contributed by atoms with E-state index in [0.29, 0.717) is 17.5 Å². The number of nitrogens with zero attached hydrogens (tertiary/aromatic N) is 4. The molecule has 3 aromatic heterocycles. The SMILES string of the molecule is c1ccc(-c2nc(-c3ccccc3)nc(-c3ccc(-n4c5ccccc5c5c6c7ccccc7[nH]c6c6ccccc6c54)cc3)n2)cc1. The van der Waals surface area contributed by atoms with Gasteiger partial charge < -0.3 is 9.55 Å². The number of aromatic nitrogens is 5. The Morgan fingerprint density at radius 3 is 1.54 bits per heavy atom. The predicted molar refractivity (Wildman–Crippen MR) is 197 cm³/mol. The predicted octanol–water partition coefficient (Wildman–Crippen LogP) is 10.8.